The first-order chi connectivity index (χ1) is 9.74. The molecule has 4 heteroatoms. The van der Waals surface area contributed by atoms with Gasteiger partial charge in [-0.3, -0.25) is 9.78 Å². The molecule has 3 nitrogen and oxygen atoms in total. The molecule has 0 saturated carbocycles. The number of carbonyl (C=O) groups excluding carboxylic acids is 1. The number of halogens is 1. The number of hydrogen-bond donors (Lipinski definition) is 1. The Bertz CT molecular complexity index is 655. The van der Waals surface area contributed by atoms with Gasteiger partial charge in [0.1, 0.15) is 0 Å². The van der Waals surface area contributed by atoms with Gasteiger partial charge < -0.3 is 5.32 Å². The van der Waals surface area contributed by atoms with Crippen molar-refractivity contribution >= 4 is 27.4 Å². The Morgan fingerprint density at radius 1 is 1.35 bits per heavy atom. The summed E-state index contributed by atoms with van der Waals surface area (Å²) in [4.78, 5) is 16.6. The summed E-state index contributed by atoms with van der Waals surface area (Å²) in [5.74, 6) is 0.158. The third-order valence-electron chi connectivity index (χ3n) is 3.52. The second-order valence-electron chi connectivity index (χ2n) is 4.97. The predicted molar refractivity (Wildman–Crippen MR) is 83.2 cm³/mol. The number of pyridine rings is 1. The van der Waals surface area contributed by atoms with Crippen LogP contribution in [0.4, 0.5) is 5.69 Å². The number of anilines is 1. The SMILES string of the molecule is O=C(Cc1cncc(Br)c1)c1cccc2c1CCCN2. The van der Waals surface area contributed by atoms with Gasteiger partial charge in [0, 0.05) is 41.1 Å². The predicted octanol–water partition coefficient (Wildman–Crippen LogP) is 3.63. The van der Waals surface area contributed by atoms with E-state index < -0.39 is 0 Å². The highest BCUT2D eigenvalue weighted by Crippen LogP contribution is 2.26. The molecule has 0 fully saturated rings. The lowest BCUT2D eigenvalue weighted by molar-refractivity contribution is 0.0992. The zero-order valence-corrected chi connectivity index (χ0v) is 12.6. The molecule has 1 aromatic carbocycles. The molecular formula is C16H15BrN2O. The van der Waals surface area contributed by atoms with Crippen molar-refractivity contribution in [1.82, 2.24) is 4.98 Å². The van der Waals surface area contributed by atoms with Gasteiger partial charge in [-0.15, -0.1) is 0 Å². The Morgan fingerprint density at radius 2 is 2.25 bits per heavy atom. The van der Waals surface area contributed by atoms with Crippen LogP contribution >= 0.6 is 15.9 Å². The first-order valence-corrected chi connectivity index (χ1v) is 7.52. The summed E-state index contributed by atoms with van der Waals surface area (Å²) in [5, 5.41) is 3.36. The van der Waals surface area contributed by atoms with E-state index in [2.05, 4.69) is 26.2 Å². The van der Waals surface area contributed by atoms with Gasteiger partial charge >= 0.3 is 0 Å². The molecule has 1 aliphatic rings. The number of aromatic nitrogens is 1. The van der Waals surface area contributed by atoms with Crippen LogP contribution < -0.4 is 5.32 Å². The Balaban J connectivity index is 1.88. The number of ketones is 1. The second kappa shape index (κ2) is 5.75. The standard InChI is InChI=1S/C16H15BrN2O/c17-12-7-11(9-18-10-12)8-16(20)14-3-1-5-15-13(14)4-2-6-19-15/h1,3,5,7,9-10,19H,2,4,6,8H2. The number of nitrogens with one attached hydrogen (secondary N) is 1. The Morgan fingerprint density at radius 3 is 3.10 bits per heavy atom. The number of Topliss-reactive ketones (excluding diaryl/α,β-unsaturated/α-hetero) is 1. The number of hydrogen-bond acceptors (Lipinski definition) is 3. The zero-order chi connectivity index (χ0) is 13.9. The molecule has 1 N–H and O–H groups in total. The summed E-state index contributed by atoms with van der Waals surface area (Å²) < 4.78 is 0.902. The van der Waals surface area contributed by atoms with Gasteiger partial charge in [0.05, 0.1) is 0 Å². The highest BCUT2D eigenvalue weighted by molar-refractivity contribution is 9.10. The molecule has 0 amide bonds. The van der Waals surface area contributed by atoms with E-state index in [1.807, 2.05) is 24.3 Å². The van der Waals surface area contributed by atoms with Gasteiger partial charge in [-0.25, -0.2) is 0 Å². The van der Waals surface area contributed by atoms with Crippen molar-refractivity contribution in [3.8, 4) is 0 Å². The minimum atomic E-state index is 0.158. The first kappa shape index (κ1) is 13.3. The quantitative estimate of drug-likeness (QED) is 0.874. The lowest BCUT2D eigenvalue weighted by Gasteiger charge is -2.20. The van der Waals surface area contributed by atoms with Gasteiger partial charge in [-0.1, -0.05) is 12.1 Å². The highest BCUT2D eigenvalue weighted by Gasteiger charge is 2.17. The summed E-state index contributed by atoms with van der Waals surface area (Å²) >= 11 is 3.38. The van der Waals surface area contributed by atoms with Crippen molar-refractivity contribution in [3.05, 3.63) is 57.8 Å². The maximum absolute atomic E-state index is 12.5. The van der Waals surface area contributed by atoms with Gasteiger partial charge in [-0.05, 0) is 52.0 Å². The molecule has 0 bridgehead atoms. The van der Waals surface area contributed by atoms with Gasteiger partial charge in [0.15, 0.2) is 5.78 Å². The number of carbonyl (C=O) groups is 1. The van der Waals surface area contributed by atoms with Crippen LogP contribution in [0.3, 0.4) is 0 Å². The fraction of sp³-hybridized carbons (Fsp3) is 0.250. The normalized spacial score (nSPS) is 13.4. The van der Waals surface area contributed by atoms with Crippen molar-refractivity contribution in [2.45, 2.75) is 19.3 Å². The van der Waals surface area contributed by atoms with Crippen LogP contribution in [0.5, 0.6) is 0 Å². The summed E-state index contributed by atoms with van der Waals surface area (Å²) in [7, 11) is 0. The number of fused-ring (bicyclic) bond motifs is 1. The lowest BCUT2D eigenvalue weighted by Crippen LogP contribution is -2.16. The van der Waals surface area contributed by atoms with Crippen LogP contribution in [-0.4, -0.2) is 17.3 Å². The molecule has 1 aliphatic heterocycles. The maximum Gasteiger partial charge on any atom is 0.167 e. The van der Waals surface area contributed by atoms with Crippen molar-refractivity contribution in [1.29, 1.82) is 0 Å². The van der Waals surface area contributed by atoms with Crippen LogP contribution in [-0.2, 0) is 12.8 Å². The molecule has 102 valence electrons. The molecule has 0 aliphatic carbocycles. The first-order valence-electron chi connectivity index (χ1n) is 6.72. The molecule has 20 heavy (non-hydrogen) atoms. The van der Waals surface area contributed by atoms with E-state index in [4.69, 9.17) is 0 Å². The van der Waals surface area contributed by atoms with Crippen LogP contribution in [0.15, 0.2) is 41.1 Å². The molecular weight excluding hydrogens is 316 g/mol. The van der Waals surface area contributed by atoms with E-state index in [-0.39, 0.29) is 5.78 Å². The fourth-order valence-corrected chi connectivity index (χ4v) is 3.02. The minimum Gasteiger partial charge on any atom is -0.385 e. The number of rotatable bonds is 3. The van der Waals surface area contributed by atoms with Gasteiger partial charge in [0.2, 0.25) is 0 Å². The average molecular weight is 331 g/mol. The van der Waals surface area contributed by atoms with E-state index in [0.29, 0.717) is 6.42 Å². The smallest absolute Gasteiger partial charge is 0.167 e. The molecule has 1 aromatic heterocycles. The van der Waals surface area contributed by atoms with E-state index >= 15 is 0 Å². The summed E-state index contributed by atoms with van der Waals surface area (Å²) in [6, 6.07) is 7.87. The largest absolute Gasteiger partial charge is 0.385 e. The minimum absolute atomic E-state index is 0.158. The fourth-order valence-electron chi connectivity index (χ4n) is 2.60. The van der Waals surface area contributed by atoms with Crippen LogP contribution in [0.1, 0.15) is 27.9 Å². The summed E-state index contributed by atoms with van der Waals surface area (Å²) in [6.07, 6.45) is 5.91. The van der Waals surface area contributed by atoms with Crippen LogP contribution in [0.2, 0.25) is 0 Å². The van der Waals surface area contributed by atoms with E-state index in [1.54, 1.807) is 12.4 Å². The Labute approximate surface area is 126 Å². The topological polar surface area (TPSA) is 42.0 Å². The summed E-state index contributed by atoms with van der Waals surface area (Å²) in [5.41, 5.74) is 4.04. The Hall–Kier alpha value is -1.68. The number of benzene rings is 1. The molecule has 0 atom stereocenters. The molecule has 0 radical (unpaired) electrons. The van der Waals surface area contributed by atoms with Crippen molar-refractivity contribution < 1.29 is 4.79 Å². The Kier molecular flexibility index (Phi) is 3.83. The third kappa shape index (κ3) is 2.75. The molecule has 0 saturated heterocycles. The van der Waals surface area contributed by atoms with Crippen molar-refractivity contribution in [2.24, 2.45) is 0 Å². The second-order valence-corrected chi connectivity index (χ2v) is 5.89. The summed E-state index contributed by atoms with van der Waals surface area (Å²) in [6.45, 7) is 0.986. The van der Waals surface area contributed by atoms with Crippen molar-refractivity contribution in [3.63, 3.8) is 0 Å². The van der Waals surface area contributed by atoms with Crippen LogP contribution in [0, 0.1) is 0 Å². The monoisotopic (exact) mass is 330 g/mol. The molecule has 2 aromatic rings. The molecule has 2 heterocycles. The highest BCUT2D eigenvalue weighted by atomic mass is 79.9. The van der Waals surface area contributed by atoms with E-state index in [1.165, 1.54) is 0 Å². The number of nitrogens with zero attached hydrogens (tertiary/aromatic N) is 1. The van der Waals surface area contributed by atoms with Crippen LogP contribution in [0.25, 0.3) is 0 Å². The van der Waals surface area contributed by atoms with Crippen molar-refractivity contribution in [2.75, 3.05) is 11.9 Å². The molecule has 3 rings (SSSR count). The average Bonchev–Trinajstić information content (AvgIpc) is 2.46. The zero-order valence-electron chi connectivity index (χ0n) is 11.0. The molecule has 0 unspecified atom stereocenters. The third-order valence-corrected chi connectivity index (χ3v) is 3.96. The molecule has 0 spiro atoms. The van der Waals surface area contributed by atoms with E-state index in [0.717, 1.165) is 46.2 Å². The lowest BCUT2D eigenvalue weighted by atomic mass is 9.93. The maximum atomic E-state index is 12.5. The van der Waals surface area contributed by atoms with Gasteiger partial charge in [0.25, 0.3) is 0 Å². The van der Waals surface area contributed by atoms with Gasteiger partial charge in [-0.2, -0.15) is 0 Å². The van der Waals surface area contributed by atoms with E-state index in [9.17, 15) is 4.79 Å².